The van der Waals surface area contributed by atoms with Gasteiger partial charge in [-0.2, -0.15) is 0 Å². The monoisotopic (exact) mass is 311 g/mol. The maximum atomic E-state index is 12.7. The predicted molar refractivity (Wildman–Crippen MR) is 90.7 cm³/mol. The van der Waals surface area contributed by atoms with Gasteiger partial charge in [0.25, 0.3) is 0 Å². The third kappa shape index (κ3) is 6.30. The highest BCUT2D eigenvalue weighted by Crippen LogP contribution is 2.24. The Hall–Kier alpha value is -1.16. The second-order valence-corrected chi connectivity index (χ2v) is 6.62. The fourth-order valence-electron chi connectivity index (χ4n) is 2.43. The highest BCUT2D eigenvalue weighted by molar-refractivity contribution is 5.86. The molecule has 22 heavy (non-hydrogen) atoms. The molecule has 0 aromatic heterocycles. The molecule has 0 aliphatic carbocycles. The van der Waals surface area contributed by atoms with E-state index < -0.39 is 12.1 Å². The molecule has 4 nitrogen and oxygen atoms in total. The first-order valence-electron chi connectivity index (χ1n) is 8.17. The quantitative estimate of drug-likeness (QED) is 0.483. The van der Waals surface area contributed by atoms with Crippen molar-refractivity contribution < 1.29 is 14.3 Å². The Balaban J connectivity index is 5.60. The lowest BCUT2D eigenvalue weighted by Crippen LogP contribution is -2.54. The lowest BCUT2D eigenvalue weighted by atomic mass is 9.87. The van der Waals surface area contributed by atoms with Crippen molar-refractivity contribution in [1.29, 1.82) is 0 Å². The lowest BCUT2D eigenvalue weighted by Gasteiger charge is -2.38. The predicted octanol–water partition coefficient (Wildman–Crippen LogP) is 3.45. The van der Waals surface area contributed by atoms with Gasteiger partial charge in [-0.25, -0.2) is 0 Å². The van der Waals surface area contributed by atoms with E-state index in [-0.39, 0.29) is 29.6 Å². The summed E-state index contributed by atoms with van der Waals surface area (Å²) in [5.41, 5.74) is 0. The molecule has 0 aromatic rings. The lowest BCUT2D eigenvalue weighted by molar-refractivity contribution is -0.157. The molecule has 0 aliphatic rings. The van der Waals surface area contributed by atoms with Gasteiger partial charge in [0.05, 0.1) is 0 Å². The molecule has 3 atom stereocenters. The van der Waals surface area contributed by atoms with E-state index in [0.29, 0.717) is 0 Å². The molecule has 0 aromatic carbocycles. The van der Waals surface area contributed by atoms with Crippen LogP contribution in [-0.4, -0.2) is 41.9 Å². The van der Waals surface area contributed by atoms with E-state index in [9.17, 15) is 9.59 Å². The van der Waals surface area contributed by atoms with Gasteiger partial charge >= 0.3 is 5.97 Å². The summed E-state index contributed by atoms with van der Waals surface area (Å²) in [6, 6.07) is -0.219. The summed E-state index contributed by atoms with van der Waals surface area (Å²) < 4.78 is 5.58. The van der Waals surface area contributed by atoms with E-state index in [1.54, 1.807) is 0 Å². The zero-order valence-corrected chi connectivity index (χ0v) is 15.4. The van der Waals surface area contributed by atoms with Crippen molar-refractivity contribution in [2.45, 2.75) is 73.1 Å². The SMILES string of the molecule is C/C=C/C[C@H](C)[C@H](OC(C)=O)C(C(=O)C(C)C)N(C)C(C)C. The van der Waals surface area contributed by atoms with Crippen molar-refractivity contribution in [3.8, 4) is 0 Å². The molecular formula is C18H33NO3. The number of carbonyl (C=O) groups excluding carboxylic acids is 2. The third-order valence-corrected chi connectivity index (χ3v) is 4.03. The Labute approximate surface area is 135 Å². The van der Waals surface area contributed by atoms with Gasteiger partial charge in [-0.1, -0.05) is 32.9 Å². The van der Waals surface area contributed by atoms with E-state index in [4.69, 9.17) is 4.74 Å². The number of ether oxygens (including phenoxy) is 1. The molecule has 0 bridgehead atoms. The molecule has 0 N–H and O–H groups in total. The molecule has 0 rings (SSSR count). The van der Waals surface area contributed by atoms with Crippen LogP contribution in [0.4, 0.5) is 0 Å². The average molecular weight is 311 g/mol. The summed E-state index contributed by atoms with van der Waals surface area (Å²) in [5.74, 6) is -0.238. The van der Waals surface area contributed by atoms with Crippen molar-refractivity contribution in [1.82, 2.24) is 4.90 Å². The molecule has 4 heteroatoms. The number of esters is 1. The normalized spacial score (nSPS) is 16.3. The minimum atomic E-state index is -0.434. The number of rotatable bonds is 9. The standard InChI is InChI=1S/C18H33NO3/c1-9-10-11-14(6)18(22-15(7)20)16(17(21)12(2)3)19(8)13(4)5/h9-10,12-14,16,18H,11H2,1-8H3/b10-9+/t14-,16?,18-/m0/s1. The minimum absolute atomic E-state index is 0.0778. The van der Waals surface area contributed by atoms with E-state index in [1.165, 1.54) is 6.92 Å². The number of ketones is 1. The first-order valence-corrected chi connectivity index (χ1v) is 8.17. The zero-order valence-electron chi connectivity index (χ0n) is 15.4. The molecular weight excluding hydrogens is 278 g/mol. The van der Waals surface area contributed by atoms with Gasteiger partial charge in [-0.15, -0.1) is 0 Å². The van der Waals surface area contributed by atoms with Crippen molar-refractivity contribution >= 4 is 11.8 Å². The van der Waals surface area contributed by atoms with Crippen molar-refractivity contribution in [2.75, 3.05) is 7.05 Å². The van der Waals surface area contributed by atoms with Crippen LogP contribution < -0.4 is 0 Å². The summed E-state index contributed by atoms with van der Waals surface area (Å²) in [6.07, 6.45) is 4.37. The van der Waals surface area contributed by atoms with Crippen LogP contribution in [0.15, 0.2) is 12.2 Å². The zero-order chi connectivity index (χ0) is 17.4. The second kappa shape index (κ2) is 9.78. The molecule has 0 saturated carbocycles. The number of hydrogen-bond donors (Lipinski definition) is 0. The van der Waals surface area contributed by atoms with Crippen LogP contribution in [-0.2, 0) is 14.3 Å². The van der Waals surface area contributed by atoms with Crippen LogP contribution in [0, 0.1) is 11.8 Å². The van der Waals surface area contributed by atoms with Crippen LogP contribution in [0.3, 0.4) is 0 Å². The van der Waals surface area contributed by atoms with Gasteiger partial charge in [-0.3, -0.25) is 14.5 Å². The minimum Gasteiger partial charge on any atom is -0.460 e. The van der Waals surface area contributed by atoms with Crippen LogP contribution >= 0.6 is 0 Å². The van der Waals surface area contributed by atoms with E-state index in [0.717, 1.165) is 6.42 Å². The molecule has 128 valence electrons. The number of nitrogens with zero attached hydrogens (tertiary/aromatic N) is 1. The molecule has 0 heterocycles. The van der Waals surface area contributed by atoms with Crippen LogP contribution in [0.25, 0.3) is 0 Å². The number of hydrogen-bond acceptors (Lipinski definition) is 4. The second-order valence-electron chi connectivity index (χ2n) is 6.62. The number of Topliss-reactive ketones (excluding diaryl/α,β-unsaturated/α-hetero) is 1. The summed E-state index contributed by atoms with van der Waals surface area (Å²) in [4.78, 5) is 26.3. The Bertz CT molecular complexity index is 388. The van der Waals surface area contributed by atoms with E-state index in [1.807, 2.05) is 65.6 Å². The first kappa shape index (κ1) is 20.8. The first-order chi connectivity index (χ1) is 10.1. The fraction of sp³-hybridized carbons (Fsp3) is 0.778. The Morgan fingerprint density at radius 2 is 1.68 bits per heavy atom. The highest BCUT2D eigenvalue weighted by atomic mass is 16.5. The topological polar surface area (TPSA) is 46.6 Å². The van der Waals surface area contributed by atoms with Gasteiger partial charge in [0.15, 0.2) is 5.78 Å². The number of allylic oxidation sites excluding steroid dienone is 2. The van der Waals surface area contributed by atoms with Gasteiger partial charge in [-0.05, 0) is 40.2 Å². The van der Waals surface area contributed by atoms with Gasteiger partial charge in [0, 0.05) is 18.9 Å². The van der Waals surface area contributed by atoms with E-state index >= 15 is 0 Å². The Morgan fingerprint density at radius 1 is 1.14 bits per heavy atom. The summed E-state index contributed by atoms with van der Waals surface area (Å²) in [7, 11) is 1.93. The molecule has 0 saturated heterocycles. The van der Waals surface area contributed by atoms with E-state index in [2.05, 4.69) is 0 Å². The van der Waals surface area contributed by atoms with Gasteiger partial charge in [0.2, 0.25) is 0 Å². The van der Waals surface area contributed by atoms with Crippen molar-refractivity contribution in [3.05, 3.63) is 12.2 Å². The van der Waals surface area contributed by atoms with Gasteiger partial charge < -0.3 is 4.74 Å². The molecule has 0 radical (unpaired) electrons. The molecule has 0 spiro atoms. The average Bonchev–Trinajstić information content (AvgIpc) is 2.42. The van der Waals surface area contributed by atoms with Crippen LogP contribution in [0.1, 0.15) is 54.9 Å². The largest absolute Gasteiger partial charge is 0.460 e. The van der Waals surface area contributed by atoms with Crippen LogP contribution in [0.2, 0.25) is 0 Å². The summed E-state index contributed by atoms with van der Waals surface area (Å²) in [6.45, 7) is 13.3. The highest BCUT2D eigenvalue weighted by Gasteiger charge is 2.38. The number of carbonyl (C=O) groups is 2. The number of likely N-dealkylation sites (N-methyl/N-ethyl adjacent to an activating group) is 1. The van der Waals surface area contributed by atoms with Crippen molar-refractivity contribution in [2.24, 2.45) is 11.8 Å². The summed E-state index contributed by atoms with van der Waals surface area (Å²) in [5, 5.41) is 0. The molecule has 0 fully saturated rings. The maximum Gasteiger partial charge on any atom is 0.302 e. The molecule has 0 amide bonds. The van der Waals surface area contributed by atoms with Gasteiger partial charge in [0.1, 0.15) is 12.1 Å². The van der Waals surface area contributed by atoms with Crippen LogP contribution in [0.5, 0.6) is 0 Å². The Kier molecular flexibility index (Phi) is 9.26. The molecule has 0 aliphatic heterocycles. The fourth-order valence-corrected chi connectivity index (χ4v) is 2.43. The smallest absolute Gasteiger partial charge is 0.302 e. The Morgan fingerprint density at radius 3 is 2.05 bits per heavy atom. The maximum absolute atomic E-state index is 12.7. The molecule has 1 unspecified atom stereocenters. The third-order valence-electron chi connectivity index (χ3n) is 4.03. The summed E-state index contributed by atoms with van der Waals surface area (Å²) >= 11 is 0. The van der Waals surface area contributed by atoms with Crippen molar-refractivity contribution in [3.63, 3.8) is 0 Å².